The van der Waals surface area contributed by atoms with Gasteiger partial charge in [-0.3, -0.25) is 13.9 Å². The van der Waals surface area contributed by atoms with Crippen LogP contribution in [0.2, 0.25) is 5.02 Å². The number of carbonyl (C=O) groups excluding carboxylic acids is 1. The SMILES string of the molecule is Cn1c(=O)n(Cc2ccccc2)c(=O)c2cc(C(=O)OCc3c(F)cccc3Cl)sc21. The van der Waals surface area contributed by atoms with Crippen molar-refractivity contribution in [3.8, 4) is 0 Å². The smallest absolute Gasteiger partial charge is 0.348 e. The minimum atomic E-state index is -0.734. The van der Waals surface area contributed by atoms with Crippen LogP contribution in [0.15, 0.2) is 64.2 Å². The van der Waals surface area contributed by atoms with Crippen molar-refractivity contribution in [2.75, 3.05) is 0 Å². The number of fused-ring (bicyclic) bond motifs is 1. The van der Waals surface area contributed by atoms with Crippen molar-refractivity contribution in [1.29, 1.82) is 0 Å². The Bertz CT molecular complexity index is 1390. The van der Waals surface area contributed by atoms with Crippen LogP contribution in [-0.4, -0.2) is 15.1 Å². The zero-order valence-electron chi connectivity index (χ0n) is 16.3. The monoisotopic (exact) mass is 458 g/mol. The van der Waals surface area contributed by atoms with Crippen LogP contribution in [-0.2, 0) is 24.9 Å². The summed E-state index contributed by atoms with van der Waals surface area (Å²) in [7, 11) is 1.54. The van der Waals surface area contributed by atoms with Crippen LogP contribution in [0, 0.1) is 5.82 Å². The summed E-state index contributed by atoms with van der Waals surface area (Å²) >= 11 is 6.92. The van der Waals surface area contributed by atoms with Crippen LogP contribution >= 0.6 is 22.9 Å². The van der Waals surface area contributed by atoms with Crippen LogP contribution in [0.5, 0.6) is 0 Å². The summed E-state index contributed by atoms with van der Waals surface area (Å²) in [4.78, 5) is 38.7. The third kappa shape index (κ3) is 4.04. The minimum absolute atomic E-state index is 0.0660. The lowest BCUT2D eigenvalue weighted by molar-refractivity contribution is 0.0475. The number of benzene rings is 2. The number of hydrogen-bond donors (Lipinski definition) is 0. The second-order valence-corrected chi connectivity index (χ2v) is 8.26. The molecular formula is C22H16ClFN2O4S. The quantitative estimate of drug-likeness (QED) is 0.424. The number of aryl methyl sites for hydroxylation is 1. The highest BCUT2D eigenvalue weighted by Crippen LogP contribution is 2.24. The Balaban J connectivity index is 1.67. The van der Waals surface area contributed by atoms with Gasteiger partial charge in [0.25, 0.3) is 5.56 Å². The molecule has 31 heavy (non-hydrogen) atoms. The third-order valence-electron chi connectivity index (χ3n) is 4.80. The van der Waals surface area contributed by atoms with E-state index in [1.165, 1.54) is 35.9 Å². The lowest BCUT2D eigenvalue weighted by Gasteiger charge is -2.08. The fraction of sp³-hybridized carbons (Fsp3) is 0.136. The summed E-state index contributed by atoms with van der Waals surface area (Å²) in [6.07, 6.45) is 0. The van der Waals surface area contributed by atoms with Crippen molar-refractivity contribution in [2.45, 2.75) is 13.2 Å². The van der Waals surface area contributed by atoms with Gasteiger partial charge in [0, 0.05) is 12.6 Å². The maximum atomic E-state index is 13.9. The van der Waals surface area contributed by atoms with Crippen molar-refractivity contribution in [3.63, 3.8) is 0 Å². The van der Waals surface area contributed by atoms with Crippen molar-refractivity contribution in [1.82, 2.24) is 9.13 Å². The number of aromatic nitrogens is 2. The number of ether oxygens (including phenoxy) is 1. The number of thiophene rings is 1. The van der Waals surface area contributed by atoms with Gasteiger partial charge in [0.2, 0.25) is 0 Å². The Kier molecular flexibility index (Phi) is 5.75. The average molecular weight is 459 g/mol. The molecule has 4 aromatic rings. The molecule has 158 valence electrons. The van der Waals surface area contributed by atoms with Gasteiger partial charge in [0.05, 0.1) is 17.0 Å². The molecule has 2 aromatic heterocycles. The Morgan fingerprint density at radius 2 is 1.87 bits per heavy atom. The highest BCUT2D eigenvalue weighted by molar-refractivity contribution is 7.20. The average Bonchev–Trinajstić information content (AvgIpc) is 3.21. The first kappa shape index (κ1) is 21.0. The Labute approximate surface area is 184 Å². The summed E-state index contributed by atoms with van der Waals surface area (Å²) in [6, 6.07) is 14.7. The van der Waals surface area contributed by atoms with Crippen molar-refractivity contribution in [3.05, 3.63) is 102 Å². The lowest BCUT2D eigenvalue weighted by Crippen LogP contribution is -2.38. The van der Waals surface area contributed by atoms with Crippen LogP contribution in [0.1, 0.15) is 20.8 Å². The second kappa shape index (κ2) is 8.49. The fourth-order valence-corrected chi connectivity index (χ4v) is 4.39. The molecule has 0 aliphatic rings. The largest absolute Gasteiger partial charge is 0.456 e. The molecule has 0 aliphatic carbocycles. The van der Waals surface area contributed by atoms with Gasteiger partial charge >= 0.3 is 11.7 Å². The maximum absolute atomic E-state index is 13.9. The van der Waals surface area contributed by atoms with Gasteiger partial charge in [-0.1, -0.05) is 48.0 Å². The van der Waals surface area contributed by atoms with Gasteiger partial charge in [-0.2, -0.15) is 0 Å². The molecule has 0 fully saturated rings. The molecular weight excluding hydrogens is 443 g/mol. The number of carbonyl (C=O) groups is 1. The molecule has 0 radical (unpaired) electrons. The van der Waals surface area contributed by atoms with Gasteiger partial charge in [0.15, 0.2) is 0 Å². The first-order valence-corrected chi connectivity index (χ1v) is 10.4. The molecule has 4 rings (SSSR count). The van der Waals surface area contributed by atoms with E-state index in [2.05, 4.69) is 0 Å². The molecule has 2 heterocycles. The number of hydrogen-bond acceptors (Lipinski definition) is 5. The highest BCUT2D eigenvalue weighted by Gasteiger charge is 2.19. The van der Waals surface area contributed by atoms with E-state index in [9.17, 15) is 18.8 Å². The van der Waals surface area contributed by atoms with Gasteiger partial charge in [-0.25, -0.2) is 14.0 Å². The predicted molar refractivity (Wildman–Crippen MR) is 117 cm³/mol. The molecule has 0 aliphatic heterocycles. The molecule has 0 amide bonds. The summed E-state index contributed by atoms with van der Waals surface area (Å²) in [6.45, 7) is -0.237. The van der Waals surface area contributed by atoms with Crippen LogP contribution in [0.4, 0.5) is 4.39 Å². The van der Waals surface area contributed by atoms with E-state index in [4.69, 9.17) is 16.3 Å². The van der Waals surface area contributed by atoms with Crippen molar-refractivity contribution >= 4 is 39.1 Å². The first-order chi connectivity index (χ1) is 14.9. The second-order valence-electron chi connectivity index (χ2n) is 6.82. The van der Waals surface area contributed by atoms with E-state index < -0.39 is 23.0 Å². The predicted octanol–water partition coefficient (Wildman–Crippen LogP) is 3.96. The zero-order chi connectivity index (χ0) is 22.1. The van der Waals surface area contributed by atoms with Crippen molar-refractivity contribution in [2.24, 2.45) is 7.05 Å². The molecule has 6 nitrogen and oxygen atoms in total. The van der Waals surface area contributed by atoms with Crippen LogP contribution in [0.25, 0.3) is 10.2 Å². The van der Waals surface area contributed by atoms with Gasteiger partial charge in [-0.15, -0.1) is 11.3 Å². The van der Waals surface area contributed by atoms with E-state index >= 15 is 0 Å². The van der Waals surface area contributed by atoms with E-state index in [0.717, 1.165) is 21.5 Å². The molecule has 0 spiro atoms. The number of halogens is 2. The summed E-state index contributed by atoms with van der Waals surface area (Å²) in [5.41, 5.74) is -0.107. The topological polar surface area (TPSA) is 70.3 Å². The maximum Gasteiger partial charge on any atom is 0.348 e. The van der Waals surface area contributed by atoms with Crippen molar-refractivity contribution < 1.29 is 13.9 Å². The standard InChI is InChI=1S/C22H16ClFN2O4S/c1-25-20-14(19(27)26(22(25)29)11-13-6-3-2-4-7-13)10-18(31-20)21(28)30-12-15-16(23)8-5-9-17(15)24/h2-10H,11-12H2,1H3. The lowest BCUT2D eigenvalue weighted by atomic mass is 10.2. The summed E-state index contributed by atoms with van der Waals surface area (Å²) < 4.78 is 21.5. The Morgan fingerprint density at radius 1 is 1.13 bits per heavy atom. The molecule has 0 bridgehead atoms. The molecule has 0 N–H and O–H groups in total. The molecule has 0 unspecified atom stereocenters. The summed E-state index contributed by atoms with van der Waals surface area (Å²) in [5, 5.41) is 0.384. The number of esters is 1. The third-order valence-corrected chi connectivity index (χ3v) is 6.35. The number of rotatable bonds is 5. The normalized spacial score (nSPS) is 11.1. The molecule has 9 heteroatoms. The first-order valence-electron chi connectivity index (χ1n) is 9.24. The number of nitrogens with zero attached hydrogens (tertiary/aromatic N) is 2. The Morgan fingerprint density at radius 3 is 2.58 bits per heavy atom. The fourth-order valence-electron chi connectivity index (χ4n) is 3.17. The van der Waals surface area contributed by atoms with E-state index in [-0.39, 0.29) is 34.0 Å². The van der Waals surface area contributed by atoms with Gasteiger partial charge in [0.1, 0.15) is 22.1 Å². The van der Waals surface area contributed by atoms with E-state index in [1.54, 1.807) is 0 Å². The van der Waals surface area contributed by atoms with E-state index in [0.29, 0.717) is 4.83 Å². The summed E-state index contributed by atoms with van der Waals surface area (Å²) in [5.74, 6) is -1.31. The molecule has 0 saturated heterocycles. The van der Waals surface area contributed by atoms with Gasteiger partial charge < -0.3 is 4.74 Å². The molecule has 2 aromatic carbocycles. The van der Waals surface area contributed by atoms with E-state index in [1.807, 2.05) is 30.3 Å². The molecule has 0 atom stereocenters. The van der Waals surface area contributed by atoms with Crippen LogP contribution < -0.4 is 11.2 Å². The Hall–Kier alpha value is -3.23. The highest BCUT2D eigenvalue weighted by atomic mass is 35.5. The molecule has 0 saturated carbocycles. The van der Waals surface area contributed by atoms with Crippen LogP contribution in [0.3, 0.4) is 0 Å². The van der Waals surface area contributed by atoms with Gasteiger partial charge in [-0.05, 0) is 23.8 Å². The minimum Gasteiger partial charge on any atom is -0.456 e. The zero-order valence-corrected chi connectivity index (χ0v) is 17.9.